The molecule has 0 spiro atoms. The molecule has 26 heavy (non-hydrogen) atoms. The van der Waals surface area contributed by atoms with E-state index in [9.17, 15) is 0 Å². The molecule has 3 aromatic rings. The van der Waals surface area contributed by atoms with Gasteiger partial charge in [-0.15, -0.1) is 0 Å². The highest BCUT2D eigenvalue weighted by molar-refractivity contribution is 7.80. The van der Waals surface area contributed by atoms with Crippen molar-refractivity contribution in [3.63, 3.8) is 0 Å². The maximum absolute atomic E-state index is 5.95. The van der Waals surface area contributed by atoms with E-state index in [0.29, 0.717) is 10.1 Å². The van der Waals surface area contributed by atoms with Crippen LogP contribution in [0.15, 0.2) is 72.8 Å². The minimum Gasteiger partial charge on any atom is -0.352 e. The predicted octanol–water partition coefficient (Wildman–Crippen LogP) is 6.03. The van der Waals surface area contributed by atoms with E-state index < -0.39 is 0 Å². The summed E-state index contributed by atoms with van der Waals surface area (Å²) in [4.78, 5) is 0. The van der Waals surface area contributed by atoms with Crippen molar-refractivity contribution in [2.75, 3.05) is 5.32 Å². The van der Waals surface area contributed by atoms with Gasteiger partial charge in [0.1, 0.15) is 0 Å². The van der Waals surface area contributed by atoms with Crippen LogP contribution in [0.2, 0.25) is 5.02 Å². The van der Waals surface area contributed by atoms with E-state index in [0.717, 1.165) is 5.69 Å². The van der Waals surface area contributed by atoms with Crippen molar-refractivity contribution in [2.24, 2.45) is 0 Å². The first-order valence-corrected chi connectivity index (χ1v) is 9.27. The summed E-state index contributed by atoms with van der Waals surface area (Å²) in [6.07, 6.45) is 0. The third-order valence-corrected chi connectivity index (χ3v) is 4.72. The summed E-state index contributed by atoms with van der Waals surface area (Å²) >= 11 is 11.5. The SMILES string of the molecule is Cc1ccc(C(NC(=S)Nc2ccc(Cl)cc2)c2ccccc2)c(C)c1. The van der Waals surface area contributed by atoms with Crippen molar-refractivity contribution >= 4 is 34.6 Å². The van der Waals surface area contributed by atoms with Crippen LogP contribution >= 0.6 is 23.8 Å². The molecule has 0 saturated carbocycles. The fourth-order valence-electron chi connectivity index (χ4n) is 2.97. The van der Waals surface area contributed by atoms with Crippen LogP contribution in [-0.2, 0) is 0 Å². The van der Waals surface area contributed by atoms with E-state index in [2.05, 4.69) is 54.8 Å². The number of thiocarbonyl (C=S) groups is 1. The smallest absolute Gasteiger partial charge is 0.171 e. The summed E-state index contributed by atoms with van der Waals surface area (Å²) in [6, 6.07) is 24.3. The normalized spacial score (nSPS) is 11.7. The monoisotopic (exact) mass is 380 g/mol. The molecule has 2 N–H and O–H groups in total. The highest BCUT2D eigenvalue weighted by Gasteiger charge is 2.17. The molecule has 132 valence electrons. The quantitative estimate of drug-likeness (QED) is 0.540. The Labute approximate surface area is 165 Å². The van der Waals surface area contributed by atoms with Crippen molar-refractivity contribution in [1.82, 2.24) is 5.32 Å². The summed E-state index contributed by atoms with van der Waals surface area (Å²) in [6.45, 7) is 4.24. The van der Waals surface area contributed by atoms with Gasteiger partial charge < -0.3 is 10.6 Å². The van der Waals surface area contributed by atoms with E-state index in [4.69, 9.17) is 23.8 Å². The van der Waals surface area contributed by atoms with Crippen LogP contribution in [0.25, 0.3) is 0 Å². The lowest BCUT2D eigenvalue weighted by atomic mass is 9.94. The molecule has 0 fully saturated rings. The number of benzene rings is 3. The summed E-state index contributed by atoms with van der Waals surface area (Å²) in [5, 5.41) is 7.96. The zero-order valence-corrected chi connectivity index (χ0v) is 16.4. The summed E-state index contributed by atoms with van der Waals surface area (Å²) < 4.78 is 0. The van der Waals surface area contributed by atoms with Crippen molar-refractivity contribution in [3.05, 3.63) is 100 Å². The Morgan fingerprint density at radius 1 is 0.923 bits per heavy atom. The van der Waals surface area contributed by atoms with Gasteiger partial charge in [0, 0.05) is 10.7 Å². The lowest BCUT2D eigenvalue weighted by Gasteiger charge is -2.24. The lowest BCUT2D eigenvalue weighted by molar-refractivity contribution is 0.762. The molecule has 3 aromatic carbocycles. The molecule has 3 rings (SSSR count). The molecular weight excluding hydrogens is 360 g/mol. The molecule has 0 amide bonds. The van der Waals surface area contributed by atoms with E-state index >= 15 is 0 Å². The van der Waals surface area contributed by atoms with Crippen LogP contribution in [0.5, 0.6) is 0 Å². The van der Waals surface area contributed by atoms with Crippen LogP contribution in [0.4, 0.5) is 5.69 Å². The topological polar surface area (TPSA) is 24.1 Å². The molecule has 0 aliphatic carbocycles. The van der Waals surface area contributed by atoms with Crippen molar-refractivity contribution in [3.8, 4) is 0 Å². The largest absolute Gasteiger partial charge is 0.352 e. The zero-order chi connectivity index (χ0) is 18.5. The maximum atomic E-state index is 5.95. The van der Waals surface area contributed by atoms with Crippen LogP contribution in [0, 0.1) is 13.8 Å². The molecule has 0 aliphatic rings. The molecule has 2 nitrogen and oxygen atoms in total. The van der Waals surface area contributed by atoms with Gasteiger partial charge in [-0.1, -0.05) is 65.7 Å². The van der Waals surface area contributed by atoms with Gasteiger partial charge in [-0.2, -0.15) is 0 Å². The van der Waals surface area contributed by atoms with Crippen molar-refractivity contribution in [2.45, 2.75) is 19.9 Å². The van der Waals surface area contributed by atoms with E-state index in [-0.39, 0.29) is 6.04 Å². The maximum Gasteiger partial charge on any atom is 0.171 e. The number of hydrogen-bond acceptors (Lipinski definition) is 1. The number of halogens is 1. The molecule has 1 atom stereocenters. The fourth-order valence-corrected chi connectivity index (χ4v) is 3.33. The van der Waals surface area contributed by atoms with Crippen molar-refractivity contribution < 1.29 is 0 Å². The van der Waals surface area contributed by atoms with Gasteiger partial charge in [-0.25, -0.2) is 0 Å². The molecule has 1 unspecified atom stereocenters. The van der Waals surface area contributed by atoms with Gasteiger partial charge in [-0.05, 0) is 67.0 Å². The second kappa shape index (κ2) is 8.35. The van der Waals surface area contributed by atoms with Gasteiger partial charge in [0.2, 0.25) is 0 Å². The summed E-state index contributed by atoms with van der Waals surface area (Å²) in [5.41, 5.74) is 5.77. The second-order valence-corrected chi connectivity index (χ2v) is 7.15. The average molecular weight is 381 g/mol. The number of aryl methyl sites for hydroxylation is 2. The lowest BCUT2D eigenvalue weighted by Crippen LogP contribution is -2.33. The second-order valence-electron chi connectivity index (χ2n) is 6.31. The molecule has 0 saturated heterocycles. The van der Waals surface area contributed by atoms with E-state index in [1.807, 2.05) is 42.5 Å². The molecule has 0 aliphatic heterocycles. The van der Waals surface area contributed by atoms with Gasteiger partial charge in [0.15, 0.2) is 5.11 Å². The zero-order valence-electron chi connectivity index (χ0n) is 14.8. The Hall–Kier alpha value is -2.36. The molecule has 0 aromatic heterocycles. The molecular formula is C22H21ClN2S. The number of hydrogen-bond donors (Lipinski definition) is 2. The highest BCUT2D eigenvalue weighted by Crippen LogP contribution is 2.26. The van der Waals surface area contributed by atoms with Gasteiger partial charge in [0.05, 0.1) is 6.04 Å². The Kier molecular flexibility index (Phi) is 5.92. The predicted molar refractivity (Wildman–Crippen MR) is 115 cm³/mol. The number of nitrogens with one attached hydrogen (secondary N) is 2. The van der Waals surface area contributed by atoms with E-state index in [1.54, 1.807) is 0 Å². The minimum atomic E-state index is -0.0240. The molecule has 0 radical (unpaired) electrons. The van der Waals surface area contributed by atoms with Gasteiger partial charge in [0.25, 0.3) is 0 Å². The molecule has 0 bridgehead atoms. The van der Waals surface area contributed by atoms with Gasteiger partial charge >= 0.3 is 0 Å². The highest BCUT2D eigenvalue weighted by atomic mass is 35.5. The first kappa shape index (κ1) is 18.4. The van der Waals surface area contributed by atoms with Crippen LogP contribution in [0.3, 0.4) is 0 Å². The number of rotatable bonds is 4. The third-order valence-electron chi connectivity index (χ3n) is 4.25. The Morgan fingerprint density at radius 3 is 2.27 bits per heavy atom. The van der Waals surface area contributed by atoms with E-state index in [1.165, 1.54) is 22.3 Å². The fraction of sp³-hybridized carbons (Fsp3) is 0.136. The first-order valence-electron chi connectivity index (χ1n) is 8.48. The number of anilines is 1. The molecule has 0 heterocycles. The first-order chi connectivity index (χ1) is 12.5. The van der Waals surface area contributed by atoms with Gasteiger partial charge in [-0.3, -0.25) is 0 Å². The Morgan fingerprint density at radius 2 is 1.62 bits per heavy atom. The summed E-state index contributed by atoms with van der Waals surface area (Å²) in [7, 11) is 0. The average Bonchev–Trinajstić information content (AvgIpc) is 2.63. The van der Waals surface area contributed by atoms with Crippen LogP contribution in [0.1, 0.15) is 28.3 Å². The van der Waals surface area contributed by atoms with Crippen LogP contribution < -0.4 is 10.6 Å². The third kappa shape index (κ3) is 4.63. The summed E-state index contributed by atoms with van der Waals surface area (Å²) in [5.74, 6) is 0. The van der Waals surface area contributed by atoms with Crippen LogP contribution in [-0.4, -0.2) is 5.11 Å². The standard InChI is InChI=1S/C22H21ClN2S/c1-15-8-13-20(16(2)14-15)21(17-6-4-3-5-7-17)25-22(26)24-19-11-9-18(23)10-12-19/h3-14,21H,1-2H3,(H2,24,25,26). The Bertz CT molecular complexity index is 892. The minimum absolute atomic E-state index is 0.0240. The van der Waals surface area contributed by atoms with Crippen molar-refractivity contribution in [1.29, 1.82) is 0 Å². The molecule has 4 heteroatoms. The Balaban J connectivity index is 1.86.